The van der Waals surface area contributed by atoms with Gasteiger partial charge in [-0.2, -0.15) is 0 Å². The molecule has 6 heteroatoms. The number of nitrogens with zero attached hydrogens (tertiary/aromatic N) is 4. The average Bonchev–Trinajstić information content (AvgIpc) is 4.13. The van der Waals surface area contributed by atoms with Crippen molar-refractivity contribution in [3.63, 3.8) is 0 Å². The van der Waals surface area contributed by atoms with Gasteiger partial charge in [0.25, 0.3) is 0 Å². The van der Waals surface area contributed by atoms with E-state index >= 15 is 0 Å². The van der Waals surface area contributed by atoms with Gasteiger partial charge in [-0.3, -0.25) is 0 Å². The van der Waals surface area contributed by atoms with E-state index in [0.29, 0.717) is 0 Å². The van der Waals surface area contributed by atoms with E-state index in [0.717, 1.165) is 11.0 Å². The van der Waals surface area contributed by atoms with Crippen molar-refractivity contribution >= 4 is 52.0 Å². The van der Waals surface area contributed by atoms with Crippen LogP contribution in [0.3, 0.4) is 0 Å². The molecule has 7 rings (SSSR count). The van der Waals surface area contributed by atoms with E-state index in [-0.39, 0.29) is 40.8 Å². The third-order valence-corrected chi connectivity index (χ3v) is 18.7. The Morgan fingerprint density at radius 1 is 0.318 bits per heavy atom. The molecular weight excluding hydrogens is 935 g/mol. The van der Waals surface area contributed by atoms with Gasteiger partial charge in [0.15, 0.2) is 0 Å². The first-order chi connectivity index (χ1) is 32.6. The van der Waals surface area contributed by atoms with E-state index in [1.807, 2.05) is 0 Å². The zero-order chi connectivity index (χ0) is 45.9. The molecular formula is C60H90N4Se2. The van der Waals surface area contributed by atoms with E-state index in [1.165, 1.54) is 264 Å². The van der Waals surface area contributed by atoms with Crippen LogP contribution >= 0.6 is 0 Å². The van der Waals surface area contributed by atoms with Crippen molar-refractivity contribution in [2.75, 3.05) is 0 Å². The van der Waals surface area contributed by atoms with Crippen LogP contribution in [-0.2, 0) is 10.8 Å². The van der Waals surface area contributed by atoms with Gasteiger partial charge in [-0.05, 0) is 0 Å². The van der Waals surface area contributed by atoms with Crippen LogP contribution in [-0.4, -0.2) is 45.8 Å². The molecule has 0 amide bonds. The number of fused-ring (bicyclic) bond motifs is 10. The summed E-state index contributed by atoms with van der Waals surface area (Å²) in [5.41, 5.74) is 17.1. The molecule has 0 unspecified atom stereocenters. The Morgan fingerprint density at radius 3 is 0.879 bits per heavy atom. The maximum absolute atomic E-state index is 5.31. The van der Waals surface area contributed by atoms with E-state index in [9.17, 15) is 0 Å². The molecule has 2 aliphatic rings. The van der Waals surface area contributed by atoms with Crippen molar-refractivity contribution in [3.05, 3.63) is 58.7 Å². The molecule has 0 atom stereocenters. The fraction of sp³-hybridized carbons (Fsp3) is 0.700. The predicted octanol–water partition coefficient (Wildman–Crippen LogP) is 18.3. The summed E-state index contributed by atoms with van der Waals surface area (Å²) < 4.78 is 20.7. The predicted molar refractivity (Wildman–Crippen MR) is 288 cm³/mol. The van der Waals surface area contributed by atoms with Crippen molar-refractivity contribution in [1.29, 1.82) is 0 Å². The summed E-state index contributed by atoms with van der Waals surface area (Å²) >= 11 is -0.120. The van der Waals surface area contributed by atoms with Gasteiger partial charge in [0, 0.05) is 0 Å². The van der Waals surface area contributed by atoms with E-state index in [4.69, 9.17) is 15.9 Å². The Hall–Kier alpha value is -2.10. The fourth-order valence-corrected chi connectivity index (χ4v) is 15.0. The third-order valence-electron chi connectivity index (χ3n) is 16.4. The molecule has 0 spiro atoms. The molecule has 0 saturated carbocycles. The van der Waals surface area contributed by atoms with E-state index < -0.39 is 0 Å². The van der Waals surface area contributed by atoms with Crippen LogP contribution in [0.15, 0.2) is 36.4 Å². The second-order valence-electron chi connectivity index (χ2n) is 21.2. The molecule has 0 radical (unpaired) electrons. The number of hydrogen-bond acceptors (Lipinski definition) is 4. The van der Waals surface area contributed by atoms with Crippen molar-refractivity contribution in [3.8, 4) is 22.3 Å². The van der Waals surface area contributed by atoms with Gasteiger partial charge < -0.3 is 0 Å². The van der Waals surface area contributed by atoms with Crippen LogP contribution in [0.25, 0.3) is 44.3 Å². The van der Waals surface area contributed by atoms with Gasteiger partial charge in [0.2, 0.25) is 0 Å². The molecule has 2 aromatic heterocycles. The molecule has 362 valence electrons. The number of aromatic nitrogens is 4. The number of hydrogen-bond donors (Lipinski definition) is 0. The van der Waals surface area contributed by atoms with Gasteiger partial charge in [0.1, 0.15) is 0 Å². The summed E-state index contributed by atoms with van der Waals surface area (Å²) in [6.07, 6.45) is 48.6. The second kappa shape index (κ2) is 27.3. The summed E-state index contributed by atoms with van der Waals surface area (Å²) in [6.45, 7) is 9.34. The average molecular weight is 1030 g/mol. The molecule has 4 nitrogen and oxygen atoms in total. The quantitative estimate of drug-likeness (QED) is 0.0296. The van der Waals surface area contributed by atoms with Gasteiger partial charge in [-0.25, -0.2) is 0 Å². The van der Waals surface area contributed by atoms with Gasteiger partial charge in [0.05, 0.1) is 0 Å². The Bertz CT molecular complexity index is 1990. The van der Waals surface area contributed by atoms with Crippen LogP contribution in [0.5, 0.6) is 0 Å². The van der Waals surface area contributed by atoms with Crippen LogP contribution in [0.4, 0.5) is 0 Å². The first-order valence-corrected chi connectivity index (χ1v) is 31.4. The SMILES string of the molecule is CCCCCCCCCCC1(CCCCCCCCCC)c2cc3c(cc2-c2c1ccc1n[se]nc21)C(CCCCCCCCCC)(CCCCCCCCCC)c1ccc2n[se]nc2c1-3. The summed E-state index contributed by atoms with van der Waals surface area (Å²) in [7, 11) is 0. The minimum atomic E-state index is -0.0600. The zero-order valence-corrected chi connectivity index (χ0v) is 46.0. The monoisotopic (exact) mass is 1030 g/mol. The fourth-order valence-electron chi connectivity index (χ4n) is 12.7. The molecule has 5 aromatic rings. The molecule has 0 saturated heterocycles. The van der Waals surface area contributed by atoms with Gasteiger partial charge in [-0.15, -0.1) is 0 Å². The molecule has 66 heavy (non-hydrogen) atoms. The van der Waals surface area contributed by atoms with Gasteiger partial charge in [-0.1, -0.05) is 79.1 Å². The second-order valence-corrected chi connectivity index (χ2v) is 23.5. The molecule has 2 aliphatic carbocycles. The third kappa shape index (κ3) is 12.4. The number of unbranched alkanes of at least 4 members (excludes halogenated alkanes) is 28. The Kier molecular flexibility index (Phi) is 21.4. The Balaban J connectivity index is 1.29. The molecule has 0 bridgehead atoms. The number of rotatable bonds is 36. The molecule has 0 aliphatic heterocycles. The minimum absolute atomic E-state index is 0.00856. The van der Waals surface area contributed by atoms with Crippen molar-refractivity contribution < 1.29 is 0 Å². The van der Waals surface area contributed by atoms with Crippen molar-refractivity contribution in [2.24, 2.45) is 0 Å². The van der Waals surface area contributed by atoms with E-state index in [1.54, 1.807) is 22.3 Å². The Morgan fingerprint density at radius 2 is 0.591 bits per heavy atom. The normalized spacial score (nSPS) is 14.4. The molecule has 0 N–H and O–H groups in total. The first kappa shape index (κ1) is 51.7. The van der Waals surface area contributed by atoms with Crippen molar-refractivity contribution in [2.45, 2.75) is 270 Å². The Labute approximate surface area is 415 Å². The molecule has 2 heterocycles. The van der Waals surface area contributed by atoms with E-state index in [2.05, 4.69) is 64.1 Å². The first-order valence-electron chi connectivity index (χ1n) is 28.3. The molecule has 3 aromatic carbocycles. The van der Waals surface area contributed by atoms with Crippen LogP contribution < -0.4 is 0 Å². The van der Waals surface area contributed by atoms with Crippen LogP contribution in [0, 0.1) is 0 Å². The molecule has 0 fully saturated rings. The van der Waals surface area contributed by atoms with Crippen LogP contribution in [0.2, 0.25) is 0 Å². The van der Waals surface area contributed by atoms with Crippen molar-refractivity contribution in [1.82, 2.24) is 15.9 Å². The standard InChI is InChI=1S/C60H90N4Se2/c1-5-9-13-17-21-25-29-33-41-59(42-34-30-26-22-18-14-10-6-2)49-37-39-53-57(63-65-61-53)55(49)47-46-52-48(45-51(47)59)56-50(38-40-54-58(56)64-66-62-54)60(52,43-35-31-27-23-19-15-11-7-3)44-36-32-28-24-20-16-12-8-4/h37-40,45-46H,5-36,41-44H2,1-4H3. The summed E-state index contributed by atoms with van der Waals surface area (Å²) in [4.78, 5) is 0. The maximum atomic E-state index is 5.31. The number of benzene rings is 3. The summed E-state index contributed by atoms with van der Waals surface area (Å²) in [5.74, 6) is 0. The van der Waals surface area contributed by atoms with Crippen LogP contribution in [0.1, 0.15) is 281 Å². The van der Waals surface area contributed by atoms with Gasteiger partial charge >= 0.3 is 339 Å². The topological polar surface area (TPSA) is 51.6 Å². The zero-order valence-electron chi connectivity index (χ0n) is 42.5. The summed E-state index contributed by atoms with van der Waals surface area (Å²) in [5, 5.41) is 0. The summed E-state index contributed by atoms with van der Waals surface area (Å²) in [6, 6.07) is 15.4.